The van der Waals surface area contributed by atoms with Crippen molar-refractivity contribution in [3.63, 3.8) is 0 Å². The Hall–Kier alpha value is -3.94. The molecule has 0 aromatic heterocycles. The first kappa shape index (κ1) is 23.8. The normalized spacial score (nSPS) is 16.9. The summed E-state index contributed by atoms with van der Waals surface area (Å²) >= 11 is 0. The molecule has 1 fully saturated rings. The molecule has 36 heavy (non-hydrogen) atoms. The summed E-state index contributed by atoms with van der Waals surface area (Å²) in [6.07, 6.45) is 8.04. The lowest BCUT2D eigenvalue weighted by Crippen LogP contribution is -2.36. The number of rotatable bonds is 8. The van der Waals surface area contributed by atoms with E-state index in [0.717, 1.165) is 49.1 Å². The van der Waals surface area contributed by atoms with E-state index in [9.17, 15) is 19.2 Å². The van der Waals surface area contributed by atoms with E-state index in [0.29, 0.717) is 18.0 Å². The number of amides is 3. The largest absolute Gasteiger partial charge is 0.494 e. The Kier molecular flexibility index (Phi) is 6.59. The first-order valence-corrected chi connectivity index (χ1v) is 12.4. The van der Waals surface area contributed by atoms with Gasteiger partial charge in [-0.3, -0.25) is 14.4 Å². The highest BCUT2D eigenvalue weighted by molar-refractivity contribution is 6.34. The second kappa shape index (κ2) is 9.97. The number of hydrogen-bond acceptors (Lipinski definition) is 6. The Balaban J connectivity index is 1.27. The van der Waals surface area contributed by atoms with Crippen LogP contribution in [-0.2, 0) is 9.53 Å². The van der Waals surface area contributed by atoms with Crippen LogP contribution in [0.2, 0.25) is 0 Å². The maximum Gasteiger partial charge on any atom is 0.338 e. The third-order valence-corrected chi connectivity index (χ3v) is 6.61. The highest BCUT2D eigenvalue weighted by atomic mass is 16.5. The molecule has 0 spiro atoms. The van der Waals surface area contributed by atoms with E-state index in [4.69, 9.17) is 9.47 Å². The average molecular weight is 489 g/mol. The molecule has 0 atom stereocenters. The number of esters is 1. The molecule has 8 heteroatoms. The van der Waals surface area contributed by atoms with Crippen molar-refractivity contribution in [1.82, 2.24) is 4.90 Å². The van der Waals surface area contributed by atoms with Gasteiger partial charge >= 0.3 is 5.97 Å². The predicted molar refractivity (Wildman–Crippen MR) is 132 cm³/mol. The Bertz CT molecular complexity index is 1250. The van der Waals surface area contributed by atoms with Crippen molar-refractivity contribution in [2.75, 3.05) is 18.1 Å². The van der Waals surface area contributed by atoms with Crippen LogP contribution in [0.4, 0.5) is 5.69 Å². The first-order valence-electron chi connectivity index (χ1n) is 12.4. The minimum Gasteiger partial charge on any atom is -0.494 e. The number of carbonyl (C=O) groups excluding carboxylic acids is 4. The number of imide groups is 1. The van der Waals surface area contributed by atoms with Gasteiger partial charge in [-0.05, 0) is 87.9 Å². The molecule has 8 nitrogen and oxygen atoms in total. The van der Waals surface area contributed by atoms with Crippen molar-refractivity contribution in [3.8, 4) is 5.75 Å². The molecule has 0 unspecified atom stereocenters. The van der Waals surface area contributed by atoms with Gasteiger partial charge in [-0.25, -0.2) is 9.69 Å². The van der Waals surface area contributed by atoms with Gasteiger partial charge in [0, 0.05) is 11.7 Å². The zero-order valence-corrected chi connectivity index (χ0v) is 20.2. The number of allylic oxidation sites excluding steroid dienone is 2. The van der Waals surface area contributed by atoms with E-state index in [1.54, 1.807) is 29.2 Å². The van der Waals surface area contributed by atoms with Gasteiger partial charge in [0.1, 0.15) is 5.75 Å². The van der Waals surface area contributed by atoms with Crippen molar-refractivity contribution in [1.29, 1.82) is 0 Å². The van der Waals surface area contributed by atoms with E-state index in [-0.39, 0.29) is 35.2 Å². The molecule has 3 aliphatic rings. The van der Waals surface area contributed by atoms with Crippen LogP contribution in [0, 0.1) is 0 Å². The summed E-state index contributed by atoms with van der Waals surface area (Å²) in [5.41, 5.74) is 1.90. The van der Waals surface area contributed by atoms with Gasteiger partial charge in [-0.2, -0.15) is 0 Å². The molecule has 0 N–H and O–H groups in total. The van der Waals surface area contributed by atoms with Crippen LogP contribution in [0.15, 0.2) is 54.2 Å². The summed E-state index contributed by atoms with van der Waals surface area (Å²) in [6.45, 7) is 2.01. The summed E-state index contributed by atoms with van der Waals surface area (Å²) in [5.74, 6) is -1.28. The van der Waals surface area contributed by atoms with E-state index in [1.165, 1.54) is 18.2 Å². The van der Waals surface area contributed by atoms with E-state index in [2.05, 4.69) is 6.08 Å². The number of nitrogens with zero attached hydrogens (tertiary/aromatic N) is 2. The molecule has 186 valence electrons. The SMILES string of the molecule is CCOc1ccc(N2C(=O)c3ccc(C(=O)OCC(=O)N(C4=CCCCC4)C4CC4)cc3C2=O)cc1. The molecule has 2 aromatic carbocycles. The number of hydrogen-bond donors (Lipinski definition) is 0. The minimum atomic E-state index is -0.709. The Morgan fingerprint density at radius 2 is 1.75 bits per heavy atom. The van der Waals surface area contributed by atoms with Crippen LogP contribution in [0.1, 0.15) is 76.5 Å². The fraction of sp³-hybridized carbons (Fsp3) is 0.357. The topological polar surface area (TPSA) is 93.2 Å². The third-order valence-electron chi connectivity index (χ3n) is 6.61. The Morgan fingerprint density at radius 3 is 2.42 bits per heavy atom. The number of fused-ring (bicyclic) bond motifs is 1. The smallest absolute Gasteiger partial charge is 0.338 e. The second-order valence-electron chi connectivity index (χ2n) is 9.15. The molecule has 1 saturated carbocycles. The zero-order chi connectivity index (χ0) is 25.2. The second-order valence-corrected chi connectivity index (χ2v) is 9.15. The lowest BCUT2D eigenvalue weighted by molar-refractivity contribution is -0.133. The number of benzene rings is 2. The first-order chi connectivity index (χ1) is 17.5. The summed E-state index contributed by atoms with van der Waals surface area (Å²) < 4.78 is 10.7. The molecular weight excluding hydrogens is 460 g/mol. The lowest BCUT2D eigenvalue weighted by Gasteiger charge is -2.27. The summed E-state index contributed by atoms with van der Waals surface area (Å²) in [6, 6.07) is 11.1. The van der Waals surface area contributed by atoms with Crippen molar-refractivity contribution in [2.24, 2.45) is 0 Å². The minimum absolute atomic E-state index is 0.117. The molecule has 2 aliphatic carbocycles. The third kappa shape index (κ3) is 4.63. The van der Waals surface area contributed by atoms with Crippen LogP contribution in [0.5, 0.6) is 5.75 Å². The molecule has 5 rings (SSSR count). The van der Waals surface area contributed by atoms with Crippen molar-refractivity contribution in [2.45, 2.75) is 51.5 Å². The van der Waals surface area contributed by atoms with Gasteiger partial charge in [0.15, 0.2) is 6.61 Å². The predicted octanol–water partition coefficient (Wildman–Crippen LogP) is 4.49. The molecule has 1 heterocycles. The summed E-state index contributed by atoms with van der Waals surface area (Å²) in [5, 5.41) is 0. The van der Waals surface area contributed by atoms with Crippen LogP contribution in [0.25, 0.3) is 0 Å². The van der Waals surface area contributed by atoms with E-state index >= 15 is 0 Å². The fourth-order valence-electron chi connectivity index (χ4n) is 4.71. The van der Waals surface area contributed by atoms with Crippen molar-refractivity contribution in [3.05, 3.63) is 70.9 Å². The standard InChI is InChI=1S/C28H28N2O6/c1-2-35-22-13-11-21(12-14-22)30-26(32)23-15-8-18(16-24(23)27(30)33)28(34)36-17-25(31)29(20-9-10-20)19-6-4-3-5-7-19/h6,8,11-16,20H,2-5,7,9-10,17H2,1H3. The fourth-order valence-corrected chi connectivity index (χ4v) is 4.71. The van der Waals surface area contributed by atoms with Gasteiger partial charge in [0.2, 0.25) is 0 Å². The number of ether oxygens (including phenoxy) is 2. The maximum absolute atomic E-state index is 13.1. The van der Waals surface area contributed by atoms with Gasteiger partial charge in [-0.15, -0.1) is 0 Å². The van der Waals surface area contributed by atoms with Crippen molar-refractivity contribution < 1.29 is 28.7 Å². The lowest BCUT2D eigenvalue weighted by atomic mass is 10.0. The zero-order valence-electron chi connectivity index (χ0n) is 20.2. The monoisotopic (exact) mass is 488 g/mol. The highest BCUT2D eigenvalue weighted by Gasteiger charge is 2.38. The summed E-state index contributed by atoms with van der Waals surface area (Å²) in [7, 11) is 0. The van der Waals surface area contributed by atoms with E-state index in [1.807, 2.05) is 6.92 Å². The molecule has 0 bridgehead atoms. The molecule has 1 aliphatic heterocycles. The van der Waals surface area contributed by atoms with Gasteiger partial charge in [0.25, 0.3) is 17.7 Å². The number of anilines is 1. The van der Waals surface area contributed by atoms with Gasteiger partial charge < -0.3 is 14.4 Å². The van der Waals surface area contributed by atoms with E-state index < -0.39 is 17.8 Å². The van der Waals surface area contributed by atoms with Crippen LogP contribution < -0.4 is 9.64 Å². The molecule has 0 radical (unpaired) electrons. The quantitative estimate of drug-likeness (QED) is 0.402. The Morgan fingerprint density at radius 1 is 1.00 bits per heavy atom. The number of carbonyl (C=O) groups is 4. The molecular formula is C28H28N2O6. The van der Waals surface area contributed by atoms with Crippen molar-refractivity contribution >= 4 is 29.4 Å². The average Bonchev–Trinajstić information content (AvgIpc) is 3.70. The molecule has 2 aromatic rings. The summed E-state index contributed by atoms with van der Waals surface area (Å²) in [4.78, 5) is 54.5. The van der Waals surface area contributed by atoms with Crippen LogP contribution in [0.3, 0.4) is 0 Å². The molecule has 0 saturated heterocycles. The molecule has 3 amide bonds. The van der Waals surface area contributed by atoms with Crippen LogP contribution >= 0.6 is 0 Å². The van der Waals surface area contributed by atoms with Gasteiger partial charge in [0.05, 0.1) is 29.0 Å². The Labute approximate surface area is 209 Å². The highest BCUT2D eigenvalue weighted by Crippen LogP contribution is 2.34. The van der Waals surface area contributed by atoms with Gasteiger partial charge in [-0.1, -0.05) is 6.08 Å². The maximum atomic E-state index is 13.1. The van der Waals surface area contributed by atoms with Crippen LogP contribution in [-0.4, -0.2) is 47.8 Å².